The van der Waals surface area contributed by atoms with Gasteiger partial charge in [0.15, 0.2) is 0 Å². The molecular formula is C9H21NOS. The molecule has 12 heavy (non-hydrogen) atoms. The van der Waals surface area contributed by atoms with E-state index in [4.69, 9.17) is 4.74 Å². The van der Waals surface area contributed by atoms with E-state index in [1.807, 2.05) is 18.8 Å². The predicted octanol–water partition coefficient (Wildman–Crippen LogP) is 1.75. The Balaban J connectivity index is 3.19. The molecule has 1 unspecified atom stereocenters. The van der Waals surface area contributed by atoms with E-state index < -0.39 is 0 Å². The van der Waals surface area contributed by atoms with E-state index in [1.165, 1.54) is 24.3 Å². The van der Waals surface area contributed by atoms with Crippen molar-refractivity contribution in [2.24, 2.45) is 0 Å². The van der Waals surface area contributed by atoms with Crippen LogP contribution in [0.5, 0.6) is 0 Å². The molecule has 0 aromatic carbocycles. The first-order valence-electron chi connectivity index (χ1n) is 4.59. The molecule has 3 heteroatoms. The lowest BCUT2D eigenvalue weighted by atomic mass is 10.2. The second kappa shape index (κ2) is 9.36. The molecule has 0 rings (SSSR count). The Kier molecular flexibility index (Phi) is 9.57. The largest absolute Gasteiger partial charge is 0.383 e. The molecule has 0 heterocycles. The van der Waals surface area contributed by atoms with E-state index in [0.29, 0.717) is 6.04 Å². The van der Waals surface area contributed by atoms with Crippen molar-refractivity contribution in [1.82, 2.24) is 5.32 Å². The summed E-state index contributed by atoms with van der Waals surface area (Å²) in [6, 6.07) is 0.535. The molecule has 1 N–H and O–H groups in total. The maximum absolute atomic E-state index is 5.08. The van der Waals surface area contributed by atoms with Crippen LogP contribution in [-0.4, -0.2) is 38.3 Å². The van der Waals surface area contributed by atoms with E-state index in [2.05, 4.69) is 12.2 Å². The number of thioether (sulfide) groups is 1. The first-order valence-corrected chi connectivity index (χ1v) is 5.74. The quantitative estimate of drug-likeness (QED) is 0.591. The summed E-state index contributed by atoms with van der Waals surface area (Å²) >= 11 is 2.01. The van der Waals surface area contributed by atoms with Crippen molar-refractivity contribution in [2.75, 3.05) is 32.3 Å². The second-order valence-corrected chi connectivity index (χ2v) is 4.17. The van der Waals surface area contributed by atoms with E-state index in [9.17, 15) is 0 Å². The Morgan fingerprint density at radius 2 is 2.25 bits per heavy atom. The number of likely N-dealkylation sites (N-methyl/N-ethyl adjacent to an activating group) is 1. The third-order valence-electron chi connectivity index (χ3n) is 1.82. The van der Waals surface area contributed by atoms with E-state index in [0.717, 1.165) is 6.61 Å². The monoisotopic (exact) mass is 191 g/mol. The molecule has 0 radical (unpaired) electrons. The minimum Gasteiger partial charge on any atom is -0.383 e. The molecule has 0 saturated heterocycles. The van der Waals surface area contributed by atoms with Gasteiger partial charge < -0.3 is 10.1 Å². The molecule has 0 spiro atoms. The van der Waals surface area contributed by atoms with Gasteiger partial charge in [-0.25, -0.2) is 0 Å². The number of nitrogens with one attached hydrogen (secondary N) is 1. The number of hydrogen-bond acceptors (Lipinski definition) is 3. The van der Waals surface area contributed by atoms with Crippen LogP contribution < -0.4 is 5.32 Å². The Bertz CT molecular complexity index is 90.6. The first-order chi connectivity index (χ1) is 5.85. The molecule has 0 fully saturated rings. The molecule has 0 aromatic rings. The van der Waals surface area contributed by atoms with Crippen LogP contribution in [0.2, 0.25) is 0 Å². The summed E-state index contributed by atoms with van der Waals surface area (Å²) in [6.07, 6.45) is 2.50. The van der Waals surface area contributed by atoms with Gasteiger partial charge in [-0.05, 0) is 31.4 Å². The van der Waals surface area contributed by atoms with Crippen molar-refractivity contribution in [3.8, 4) is 0 Å². The average molecular weight is 191 g/mol. The highest BCUT2D eigenvalue weighted by atomic mass is 32.2. The highest BCUT2D eigenvalue weighted by Gasteiger charge is 2.03. The Hall–Kier alpha value is 0.270. The zero-order valence-corrected chi connectivity index (χ0v) is 9.25. The lowest BCUT2D eigenvalue weighted by Gasteiger charge is -2.14. The Morgan fingerprint density at radius 3 is 2.75 bits per heavy atom. The predicted molar refractivity (Wildman–Crippen MR) is 57.0 cm³/mol. The van der Waals surface area contributed by atoms with Crippen molar-refractivity contribution in [1.29, 1.82) is 0 Å². The lowest BCUT2D eigenvalue weighted by Crippen LogP contribution is -2.29. The maximum Gasteiger partial charge on any atom is 0.0615 e. The SMILES string of the molecule is CCSCCCC(COC)NC. The van der Waals surface area contributed by atoms with Crippen LogP contribution >= 0.6 is 11.8 Å². The summed E-state index contributed by atoms with van der Waals surface area (Å²) in [5.41, 5.74) is 0. The summed E-state index contributed by atoms with van der Waals surface area (Å²) in [6.45, 7) is 3.03. The molecule has 0 amide bonds. The van der Waals surface area contributed by atoms with Gasteiger partial charge in [-0.1, -0.05) is 6.92 Å². The summed E-state index contributed by atoms with van der Waals surface area (Å²) in [7, 11) is 3.75. The van der Waals surface area contributed by atoms with Gasteiger partial charge in [-0.2, -0.15) is 11.8 Å². The first kappa shape index (κ1) is 12.3. The van der Waals surface area contributed by atoms with Gasteiger partial charge in [0.2, 0.25) is 0 Å². The maximum atomic E-state index is 5.08. The van der Waals surface area contributed by atoms with Crippen molar-refractivity contribution in [3.63, 3.8) is 0 Å². The van der Waals surface area contributed by atoms with Crippen molar-refractivity contribution in [2.45, 2.75) is 25.8 Å². The molecule has 0 bridgehead atoms. The topological polar surface area (TPSA) is 21.3 Å². The van der Waals surface area contributed by atoms with Gasteiger partial charge in [0.05, 0.1) is 6.61 Å². The Labute approximate surface area is 80.4 Å². The van der Waals surface area contributed by atoms with Crippen LogP contribution in [0.1, 0.15) is 19.8 Å². The fourth-order valence-corrected chi connectivity index (χ4v) is 1.75. The van der Waals surface area contributed by atoms with Crippen molar-refractivity contribution < 1.29 is 4.74 Å². The summed E-state index contributed by atoms with van der Waals surface area (Å²) in [4.78, 5) is 0. The van der Waals surface area contributed by atoms with Crippen LogP contribution in [0, 0.1) is 0 Å². The third-order valence-corrected chi connectivity index (χ3v) is 2.81. The number of methoxy groups -OCH3 is 1. The number of hydrogen-bond donors (Lipinski definition) is 1. The molecule has 74 valence electrons. The molecule has 0 aliphatic carbocycles. The highest BCUT2D eigenvalue weighted by molar-refractivity contribution is 7.99. The second-order valence-electron chi connectivity index (χ2n) is 2.78. The fourth-order valence-electron chi connectivity index (χ4n) is 1.09. The van der Waals surface area contributed by atoms with Gasteiger partial charge in [-0.3, -0.25) is 0 Å². The van der Waals surface area contributed by atoms with Gasteiger partial charge in [-0.15, -0.1) is 0 Å². The zero-order chi connectivity index (χ0) is 9.23. The molecule has 1 atom stereocenters. The van der Waals surface area contributed by atoms with Crippen LogP contribution in [0.15, 0.2) is 0 Å². The van der Waals surface area contributed by atoms with Gasteiger partial charge in [0, 0.05) is 13.2 Å². The van der Waals surface area contributed by atoms with Crippen LogP contribution in [0.25, 0.3) is 0 Å². The van der Waals surface area contributed by atoms with E-state index in [1.54, 1.807) is 7.11 Å². The summed E-state index contributed by atoms with van der Waals surface area (Å²) in [5.74, 6) is 2.51. The lowest BCUT2D eigenvalue weighted by molar-refractivity contribution is 0.166. The molecule has 2 nitrogen and oxygen atoms in total. The number of ether oxygens (including phenoxy) is 1. The van der Waals surface area contributed by atoms with E-state index in [-0.39, 0.29) is 0 Å². The van der Waals surface area contributed by atoms with Gasteiger partial charge >= 0.3 is 0 Å². The standard InChI is InChI=1S/C9H21NOS/c1-4-12-7-5-6-9(10-2)8-11-3/h9-10H,4-8H2,1-3H3. The van der Waals surface area contributed by atoms with Crippen LogP contribution in [-0.2, 0) is 4.74 Å². The minimum absolute atomic E-state index is 0.535. The molecule has 0 aliphatic rings. The smallest absolute Gasteiger partial charge is 0.0615 e. The fraction of sp³-hybridized carbons (Fsp3) is 1.00. The number of rotatable bonds is 8. The average Bonchev–Trinajstić information content (AvgIpc) is 2.10. The van der Waals surface area contributed by atoms with Crippen LogP contribution in [0.4, 0.5) is 0 Å². The Morgan fingerprint density at radius 1 is 1.50 bits per heavy atom. The molecule has 0 aromatic heterocycles. The van der Waals surface area contributed by atoms with Crippen molar-refractivity contribution >= 4 is 11.8 Å². The van der Waals surface area contributed by atoms with Gasteiger partial charge in [0.25, 0.3) is 0 Å². The zero-order valence-electron chi connectivity index (χ0n) is 8.43. The van der Waals surface area contributed by atoms with E-state index >= 15 is 0 Å². The minimum atomic E-state index is 0.535. The summed E-state index contributed by atoms with van der Waals surface area (Å²) in [5, 5.41) is 3.25. The molecule has 0 saturated carbocycles. The third kappa shape index (κ3) is 6.95. The van der Waals surface area contributed by atoms with Gasteiger partial charge in [0.1, 0.15) is 0 Å². The summed E-state index contributed by atoms with van der Waals surface area (Å²) < 4.78 is 5.08. The molecular weight excluding hydrogens is 170 g/mol. The highest BCUT2D eigenvalue weighted by Crippen LogP contribution is 2.05. The normalized spacial score (nSPS) is 13.2. The van der Waals surface area contributed by atoms with Crippen LogP contribution in [0.3, 0.4) is 0 Å². The molecule has 0 aliphatic heterocycles. The van der Waals surface area contributed by atoms with Crippen molar-refractivity contribution in [3.05, 3.63) is 0 Å².